The second kappa shape index (κ2) is 6.48. The molecule has 0 saturated carbocycles. The molecule has 100 valence electrons. The van der Waals surface area contributed by atoms with Gasteiger partial charge >= 0.3 is 0 Å². The van der Waals surface area contributed by atoms with Crippen LogP contribution in [0.15, 0.2) is 42.6 Å². The van der Waals surface area contributed by atoms with Gasteiger partial charge in [-0.2, -0.15) is 0 Å². The highest BCUT2D eigenvalue weighted by molar-refractivity contribution is 5.67. The van der Waals surface area contributed by atoms with Crippen molar-refractivity contribution in [2.24, 2.45) is 0 Å². The van der Waals surface area contributed by atoms with Gasteiger partial charge < -0.3 is 5.32 Å². The zero-order valence-electron chi connectivity index (χ0n) is 12.0. The molecule has 0 amide bonds. The molecule has 1 unspecified atom stereocenters. The minimum atomic E-state index is 0.359. The number of hydrogen-bond donors (Lipinski definition) is 1. The highest BCUT2D eigenvalue weighted by Crippen LogP contribution is 2.27. The van der Waals surface area contributed by atoms with E-state index in [2.05, 4.69) is 60.5 Å². The summed E-state index contributed by atoms with van der Waals surface area (Å²) in [5, 5.41) is 3.55. The second-order valence-corrected chi connectivity index (χ2v) is 4.95. The molecule has 1 heterocycles. The first kappa shape index (κ1) is 13.8. The largest absolute Gasteiger partial charge is 0.310 e. The third kappa shape index (κ3) is 3.42. The van der Waals surface area contributed by atoms with Crippen molar-refractivity contribution in [2.45, 2.75) is 33.2 Å². The summed E-state index contributed by atoms with van der Waals surface area (Å²) in [6.45, 7) is 7.47. The highest BCUT2D eigenvalue weighted by atomic mass is 14.9. The molecule has 0 aliphatic rings. The van der Waals surface area contributed by atoms with Crippen LogP contribution in [0.3, 0.4) is 0 Å². The Morgan fingerprint density at radius 1 is 1.16 bits per heavy atom. The lowest BCUT2D eigenvalue weighted by molar-refractivity contribution is 0.571. The monoisotopic (exact) mass is 254 g/mol. The topological polar surface area (TPSA) is 24.9 Å². The van der Waals surface area contributed by atoms with E-state index in [1.807, 2.05) is 13.1 Å². The summed E-state index contributed by atoms with van der Waals surface area (Å²) in [6.07, 6.45) is 3.11. The molecule has 2 aromatic rings. The van der Waals surface area contributed by atoms with Crippen LogP contribution in [0, 0.1) is 6.92 Å². The number of aryl methyl sites for hydroxylation is 1. The quantitative estimate of drug-likeness (QED) is 0.868. The van der Waals surface area contributed by atoms with Crippen molar-refractivity contribution in [3.63, 3.8) is 0 Å². The van der Waals surface area contributed by atoms with E-state index in [1.165, 1.54) is 16.7 Å². The van der Waals surface area contributed by atoms with Crippen LogP contribution in [0.1, 0.15) is 37.6 Å². The number of pyridine rings is 1. The van der Waals surface area contributed by atoms with E-state index in [1.54, 1.807) is 0 Å². The molecule has 0 fully saturated rings. The molecule has 0 bridgehead atoms. The van der Waals surface area contributed by atoms with Crippen LogP contribution in [0.2, 0.25) is 0 Å². The maximum Gasteiger partial charge on any atom is 0.0373 e. The van der Waals surface area contributed by atoms with Crippen LogP contribution in [0.4, 0.5) is 0 Å². The van der Waals surface area contributed by atoms with Crippen molar-refractivity contribution >= 4 is 0 Å². The summed E-state index contributed by atoms with van der Waals surface area (Å²) in [7, 11) is 0. The third-order valence-electron chi connectivity index (χ3n) is 3.35. The third-order valence-corrected chi connectivity index (χ3v) is 3.35. The fourth-order valence-corrected chi connectivity index (χ4v) is 2.24. The molecule has 1 aromatic heterocycles. The molecule has 2 rings (SSSR count). The van der Waals surface area contributed by atoms with Gasteiger partial charge in [0, 0.05) is 23.5 Å². The molecule has 0 saturated heterocycles. The average Bonchev–Trinajstić information content (AvgIpc) is 2.45. The number of nitrogens with zero attached hydrogens (tertiary/aromatic N) is 1. The Kier molecular flexibility index (Phi) is 4.69. The van der Waals surface area contributed by atoms with Gasteiger partial charge in [0.25, 0.3) is 0 Å². The van der Waals surface area contributed by atoms with Gasteiger partial charge in [0.2, 0.25) is 0 Å². The fourth-order valence-electron chi connectivity index (χ4n) is 2.24. The van der Waals surface area contributed by atoms with Crippen molar-refractivity contribution in [1.29, 1.82) is 0 Å². The van der Waals surface area contributed by atoms with E-state index in [0.717, 1.165) is 18.7 Å². The smallest absolute Gasteiger partial charge is 0.0373 e. The predicted octanol–water partition coefficient (Wildman–Crippen LogP) is 4.12. The van der Waals surface area contributed by atoms with Crippen LogP contribution in [-0.2, 0) is 0 Å². The molecular weight excluding hydrogens is 232 g/mol. The lowest BCUT2D eigenvalue weighted by Crippen LogP contribution is -2.19. The molecule has 2 nitrogen and oxygen atoms in total. The van der Waals surface area contributed by atoms with Gasteiger partial charge in [0.05, 0.1) is 0 Å². The van der Waals surface area contributed by atoms with E-state index in [-0.39, 0.29) is 0 Å². The number of hydrogen-bond acceptors (Lipinski definition) is 2. The number of nitrogens with one attached hydrogen (secondary N) is 1. The van der Waals surface area contributed by atoms with Gasteiger partial charge in [-0.15, -0.1) is 0 Å². The van der Waals surface area contributed by atoms with Crippen molar-refractivity contribution in [3.8, 4) is 11.1 Å². The van der Waals surface area contributed by atoms with Gasteiger partial charge in [0.15, 0.2) is 0 Å². The van der Waals surface area contributed by atoms with Crippen molar-refractivity contribution in [3.05, 3.63) is 53.9 Å². The van der Waals surface area contributed by atoms with Crippen LogP contribution < -0.4 is 5.32 Å². The van der Waals surface area contributed by atoms with E-state index < -0.39 is 0 Å². The Morgan fingerprint density at radius 3 is 2.63 bits per heavy atom. The van der Waals surface area contributed by atoms with Crippen LogP contribution in [0.25, 0.3) is 11.1 Å². The minimum absolute atomic E-state index is 0.359. The van der Waals surface area contributed by atoms with E-state index >= 15 is 0 Å². The molecule has 1 atom stereocenters. The summed E-state index contributed by atoms with van der Waals surface area (Å²) in [6, 6.07) is 13.1. The van der Waals surface area contributed by atoms with Crippen molar-refractivity contribution < 1.29 is 0 Å². The zero-order chi connectivity index (χ0) is 13.7. The molecule has 0 aliphatic heterocycles. The van der Waals surface area contributed by atoms with Crippen LogP contribution >= 0.6 is 0 Å². The van der Waals surface area contributed by atoms with Gasteiger partial charge in [-0.3, -0.25) is 4.98 Å². The lowest BCUT2D eigenvalue weighted by Gasteiger charge is -2.18. The van der Waals surface area contributed by atoms with E-state index in [9.17, 15) is 0 Å². The molecule has 19 heavy (non-hydrogen) atoms. The lowest BCUT2D eigenvalue weighted by atomic mass is 9.96. The molecule has 1 aromatic carbocycles. The summed E-state index contributed by atoms with van der Waals surface area (Å²) >= 11 is 0. The Labute approximate surface area is 115 Å². The Balaban J connectivity index is 2.32. The Morgan fingerprint density at radius 2 is 1.95 bits per heavy atom. The molecule has 0 spiro atoms. The van der Waals surface area contributed by atoms with Gasteiger partial charge in [0.1, 0.15) is 0 Å². The van der Waals surface area contributed by atoms with E-state index in [4.69, 9.17) is 0 Å². The molecule has 1 N–H and O–H groups in total. The summed E-state index contributed by atoms with van der Waals surface area (Å²) in [5.41, 5.74) is 4.84. The molecular formula is C17H22N2. The standard InChI is InChI=1S/C17H22N2/c1-4-11-18-14(3)16-7-5-6-8-17(16)15-10-9-13(2)19-12-15/h5-10,12,14,18H,4,11H2,1-3H3. The zero-order valence-corrected chi connectivity index (χ0v) is 12.0. The Hall–Kier alpha value is -1.67. The average molecular weight is 254 g/mol. The van der Waals surface area contributed by atoms with Crippen LogP contribution in [-0.4, -0.2) is 11.5 Å². The fraction of sp³-hybridized carbons (Fsp3) is 0.353. The SMILES string of the molecule is CCCNC(C)c1ccccc1-c1ccc(C)nc1. The van der Waals surface area contributed by atoms with Gasteiger partial charge in [-0.05, 0) is 44.0 Å². The van der Waals surface area contributed by atoms with Crippen molar-refractivity contribution in [1.82, 2.24) is 10.3 Å². The van der Waals surface area contributed by atoms with Crippen LogP contribution in [0.5, 0.6) is 0 Å². The molecule has 2 heteroatoms. The molecule has 0 aliphatic carbocycles. The summed E-state index contributed by atoms with van der Waals surface area (Å²) in [5.74, 6) is 0. The maximum atomic E-state index is 4.40. The first-order chi connectivity index (χ1) is 9.22. The van der Waals surface area contributed by atoms with Gasteiger partial charge in [-0.1, -0.05) is 37.3 Å². The summed E-state index contributed by atoms with van der Waals surface area (Å²) < 4.78 is 0. The Bertz CT molecular complexity index is 517. The van der Waals surface area contributed by atoms with E-state index in [0.29, 0.717) is 6.04 Å². The number of benzene rings is 1. The number of aromatic nitrogens is 1. The molecule has 0 radical (unpaired) electrons. The summed E-state index contributed by atoms with van der Waals surface area (Å²) in [4.78, 5) is 4.40. The van der Waals surface area contributed by atoms with Crippen molar-refractivity contribution in [2.75, 3.05) is 6.54 Å². The highest BCUT2D eigenvalue weighted by Gasteiger charge is 2.10. The normalized spacial score (nSPS) is 12.4. The number of rotatable bonds is 5. The predicted molar refractivity (Wildman–Crippen MR) is 81.1 cm³/mol. The first-order valence-electron chi connectivity index (χ1n) is 6.97. The van der Waals surface area contributed by atoms with Gasteiger partial charge in [-0.25, -0.2) is 0 Å². The maximum absolute atomic E-state index is 4.40. The minimum Gasteiger partial charge on any atom is -0.310 e. The second-order valence-electron chi connectivity index (χ2n) is 4.95. The first-order valence-corrected chi connectivity index (χ1v) is 6.97.